The number of nitrogens with zero attached hydrogens (tertiary/aromatic N) is 2. The standard InChI is InChI=1S/C7H8F2N2/c8-7(9)5-3-11(2-1-10)4-6(5)7/h5-6H,2-4H2. The first-order chi connectivity index (χ1) is 5.16. The van der Waals surface area contributed by atoms with Crippen molar-refractivity contribution in [1.29, 1.82) is 5.26 Å². The van der Waals surface area contributed by atoms with Crippen LogP contribution in [0.4, 0.5) is 8.78 Å². The Bertz CT molecular complexity index is 207. The average Bonchev–Trinajstić information content (AvgIpc) is 2.37. The predicted molar refractivity (Wildman–Crippen MR) is 34.0 cm³/mol. The topological polar surface area (TPSA) is 27.0 Å². The summed E-state index contributed by atoms with van der Waals surface area (Å²) in [4.78, 5) is 1.78. The molecule has 0 bridgehead atoms. The van der Waals surface area contributed by atoms with E-state index in [0.29, 0.717) is 19.6 Å². The molecule has 2 unspecified atom stereocenters. The van der Waals surface area contributed by atoms with Crippen LogP contribution in [0.2, 0.25) is 0 Å². The van der Waals surface area contributed by atoms with Crippen molar-refractivity contribution in [2.24, 2.45) is 11.8 Å². The largest absolute Gasteiger partial charge is 0.290 e. The molecule has 1 aliphatic heterocycles. The molecule has 0 aromatic rings. The first-order valence-corrected chi connectivity index (χ1v) is 3.63. The van der Waals surface area contributed by atoms with Gasteiger partial charge in [0.1, 0.15) is 0 Å². The molecule has 0 amide bonds. The van der Waals surface area contributed by atoms with Gasteiger partial charge in [-0.2, -0.15) is 5.26 Å². The molecule has 1 saturated heterocycles. The number of hydrogen-bond acceptors (Lipinski definition) is 2. The van der Waals surface area contributed by atoms with E-state index in [-0.39, 0.29) is 0 Å². The fourth-order valence-corrected chi connectivity index (χ4v) is 1.82. The van der Waals surface area contributed by atoms with Gasteiger partial charge in [-0.3, -0.25) is 4.90 Å². The Kier molecular flexibility index (Phi) is 1.22. The highest BCUT2D eigenvalue weighted by molar-refractivity contribution is 5.12. The van der Waals surface area contributed by atoms with Gasteiger partial charge in [-0.25, -0.2) is 8.78 Å². The van der Waals surface area contributed by atoms with Crippen molar-refractivity contribution in [1.82, 2.24) is 4.90 Å². The molecule has 0 N–H and O–H groups in total. The van der Waals surface area contributed by atoms with E-state index in [4.69, 9.17) is 5.26 Å². The molecule has 11 heavy (non-hydrogen) atoms. The smallest absolute Gasteiger partial charge is 0.257 e. The highest BCUT2D eigenvalue weighted by Crippen LogP contribution is 2.58. The molecule has 2 aliphatic rings. The second kappa shape index (κ2) is 1.92. The zero-order valence-corrected chi connectivity index (χ0v) is 5.93. The highest BCUT2D eigenvalue weighted by Gasteiger charge is 2.71. The molecular formula is C7H8F2N2. The van der Waals surface area contributed by atoms with E-state index in [1.807, 2.05) is 6.07 Å². The molecule has 1 aliphatic carbocycles. The van der Waals surface area contributed by atoms with Crippen molar-refractivity contribution >= 4 is 0 Å². The fourth-order valence-electron chi connectivity index (χ4n) is 1.82. The third-order valence-corrected chi connectivity index (χ3v) is 2.57. The summed E-state index contributed by atoms with van der Waals surface area (Å²) in [5, 5.41) is 8.28. The number of fused-ring (bicyclic) bond motifs is 1. The van der Waals surface area contributed by atoms with Crippen LogP contribution in [0.3, 0.4) is 0 Å². The first kappa shape index (κ1) is 6.99. The van der Waals surface area contributed by atoms with Gasteiger partial charge in [0.25, 0.3) is 5.92 Å². The lowest BCUT2D eigenvalue weighted by atomic mass is 10.4. The van der Waals surface area contributed by atoms with Crippen molar-refractivity contribution in [3.05, 3.63) is 0 Å². The van der Waals surface area contributed by atoms with Crippen molar-refractivity contribution in [2.45, 2.75) is 5.92 Å². The van der Waals surface area contributed by atoms with Crippen molar-refractivity contribution in [2.75, 3.05) is 19.6 Å². The van der Waals surface area contributed by atoms with E-state index in [0.717, 1.165) is 0 Å². The third kappa shape index (κ3) is 0.842. The minimum Gasteiger partial charge on any atom is -0.290 e. The molecule has 0 aromatic heterocycles. The minimum absolute atomic E-state index is 0.295. The highest BCUT2D eigenvalue weighted by atomic mass is 19.3. The Balaban J connectivity index is 1.91. The van der Waals surface area contributed by atoms with Gasteiger partial charge in [0.2, 0.25) is 0 Å². The van der Waals surface area contributed by atoms with Gasteiger partial charge >= 0.3 is 0 Å². The number of hydrogen-bond donors (Lipinski definition) is 0. The lowest BCUT2D eigenvalue weighted by Crippen LogP contribution is -2.27. The van der Waals surface area contributed by atoms with E-state index < -0.39 is 17.8 Å². The molecule has 1 heterocycles. The van der Waals surface area contributed by atoms with Gasteiger partial charge in [-0.1, -0.05) is 0 Å². The second-order valence-electron chi connectivity index (χ2n) is 3.24. The molecule has 2 atom stereocenters. The summed E-state index contributed by atoms with van der Waals surface area (Å²) in [6.07, 6.45) is 0. The van der Waals surface area contributed by atoms with E-state index in [1.165, 1.54) is 0 Å². The maximum Gasteiger partial charge on any atom is 0.257 e. The first-order valence-electron chi connectivity index (χ1n) is 3.63. The normalized spacial score (nSPS) is 39.7. The van der Waals surface area contributed by atoms with Gasteiger partial charge in [-0.05, 0) is 0 Å². The van der Waals surface area contributed by atoms with Crippen LogP contribution in [0.5, 0.6) is 0 Å². The summed E-state index contributed by atoms with van der Waals surface area (Å²) in [5.41, 5.74) is 0. The zero-order chi connectivity index (χ0) is 8.06. The van der Waals surface area contributed by atoms with Crippen LogP contribution >= 0.6 is 0 Å². The number of piperidine rings is 1. The lowest BCUT2D eigenvalue weighted by molar-refractivity contribution is 0.0560. The lowest BCUT2D eigenvalue weighted by Gasteiger charge is -2.14. The van der Waals surface area contributed by atoms with E-state index in [9.17, 15) is 8.78 Å². The Morgan fingerprint density at radius 2 is 2.00 bits per heavy atom. The maximum atomic E-state index is 12.5. The van der Waals surface area contributed by atoms with Gasteiger partial charge in [0, 0.05) is 24.9 Å². The van der Waals surface area contributed by atoms with E-state index in [1.54, 1.807) is 4.90 Å². The Morgan fingerprint density at radius 1 is 1.45 bits per heavy atom. The molecule has 4 heteroatoms. The fraction of sp³-hybridized carbons (Fsp3) is 0.857. The van der Waals surface area contributed by atoms with Crippen molar-refractivity contribution in [3.8, 4) is 6.07 Å². The van der Waals surface area contributed by atoms with Crippen LogP contribution < -0.4 is 0 Å². The number of likely N-dealkylation sites (tertiary alicyclic amines) is 1. The number of nitriles is 1. The van der Waals surface area contributed by atoms with Gasteiger partial charge in [0.05, 0.1) is 12.6 Å². The minimum atomic E-state index is -2.41. The van der Waals surface area contributed by atoms with E-state index in [2.05, 4.69) is 0 Å². The van der Waals surface area contributed by atoms with Crippen molar-refractivity contribution in [3.63, 3.8) is 0 Å². The summed E-state index contributed by atoms with van der Waals surface area (Å²) in [5.74, 6) is -3.31. The Labute approximate surface area is 63.4 Å². The molecule has 0 aromatic carbocycles. The van der Waals surface area contributed by atoms with Crippen LogP contribution in [-0.2, 0) is 0 Å². The zero-order valence-electron chi connectivity index (χ0n) is 5.93. The van der Waals surface area contributed by atoms with Crippen LogP contribution in [0, 0.1) is 23.2 Å². The molecule has 0 radical (unpaired) electrons. The van der Waals surface area contributed by atoms with Crippen molar-refractivity contribution < 1.29 is 8.78 Å². The van der Waals surface area contributed by atoms with Crippen LogP contribution in [0.1, 0.15) is 0 Å². The summed E-state index contributed by atoms with van der Waals surface area (Å²) in [6, 6.07) is 1.96. The Hall–Kier alpha value is -0.690. The summed E-state index contributed by atoms with van der Waals surface area (Å²) < 4.78 is 25.1. The summed E-state index contributed by atoms with van der Waals surface area (Å²) >= 11 is 0. The molecule has 2 fully saturated rings. The number of rotatable bonds is 1. The monoisotopic (exact) mass is 158 g/mol. The SMILES string of the molecule is N#CCN1CC2C(C1)C2(F)F. The quantitative estimate of drug-likeness (QED) is 0.525. The molecule has 2 nitrogen and oxygen atoms in total. The van der Waals surface area contributed by atoms with Crippen LogP contribution in [-0.4, -0.2) is 30.5 Å². The van der Waals surface area contributed by atoms with E-state index >= 15 is 0 Å². The van der Waals surface area contributed by atoms with Gasteiger partial charge in [0.15, 0.2) is 0 Å². The molecular weight excluding hydrogens is 150 g/mol. The average molecular weight is 158 g/mol. The molecule has 60 valence electrons. The molecule has 2 rings (SSSR count). The maximum absolute atomic E-state index is 12.5. The molecule has 0 spiro atoms. The molecule has 1 saturated carbocycles. The second-order valence-corrected chi connectivity index (χ2v) is 3.24. The number of halogens is 2. The summed E-state index contributed by atoms with van der Waals surface area (Å²) in [6.45, 7) is 1.11. The van der Waals surface area contributed by atoms with Crippen LogP contribution in [0.25, 0.3) is 0 Å². The predicted octanol–water partition coefficient (Wildman–Crippen LogP) is 0.707. The Morgan fingerprint density at radius 3 is 2.45 bits per heavy atom. The van der Waals surface area contributed by atoms with Gasteiger partial charge in [-0.15, -0.1) is 0 Å². The third-order valence-electron chi connectivity index (χ3n) is 2.57. The van der Waals surface area contributed by atoms with Gasteiger partial charge < -0.3 is 0 Å². The van der Waals surface area contributed by atoms with Crippen LogP contribution in [0.15, 0.2) is 0 Å². The summed E-state index contributed by atoms with van der Waals surface area (Å²) in [7, 11) is 0. The number of alkyl halides is 2.